The van der Waals surface area contributed by atoms with Crippen LogP contribution in [0.5, 0.6) is 0 Å². The van der Waals surface area contributed by atoms with Crippen molar-refractivity contribution in [3.63, 3.8) is 0 Å². The minimum absolute atomic E-state index is 0.138. The molecule has 1 saturated carbocycles. The first-order valence-electron chi connectivity index (χ1n) is 8.86. The van der Waals surface area contributed by atoms with E-state index in [-0.39, 0.29) is 17.3 Å². The van der Waals surface area contributed by atoms with E-state index in [1.807, 2.05) is 10.9 Å². The molecule has 1 spiro atoms. The second kappa shape index (κ2) is 5.02. The van der Waals surface area contributed by atoms with Crippen LogP contribution in [-0.4, -0.2) is 28.3 Å². The van der Waals surface area contributed by atoms with Crippen LogP contribution < -0.4 is 0 Å². The molecule has 0 amide bonds. The predicted octanol–water partition coefficient (Wildman–Crippen LogP) is 3.88. The van der Waals surface area contributed by atoms with Gasteiger partial charge in [-0.05, 0) is 55.7 Å². The second-order valence-electron chi connectivity index (χ2n) is 7.61. The summed E-state index contributed by atoms with van der Waals surface area (Å²) in [5.41, 5.74) is 4.35. The lowest BCUT2D eigenvalue weighted by molar-refractivity contribution is -0.216. The van der Waals surface area contributed by atoms with Crippen molar-refractivity contribution in [3.8, 4) is 5.69 Å². The van der Waals surface area contributed by atoms with Gasteiger partial charge in [-0.2, -0.15) is 5.10 Å². The molecular formula is C20H21FN2O2. The summed E-state index contributed by atoms with van der Waals surface area (Å²) in [6, 6.07) is 6.46. The average Bonchev–Trinajstić information content (AvgIpc) is 3.24. The molecule has 5 heteroatoms. The lowest BCUT2D eigenvalue weighted by Gasteiger charge is -2.41. The maximum Gasteiger partial charge on any atom is 0.178 e. The van der Waals surface area contributed by atoms with Gasteiger partial charge in [0.05, 0.1) is 30.3 Å². The number of ether oxygens (including phenoxy) is 2. The van der Waals surface area contributed by atoms with Crippen molar-refractivity contribution in [2.45, 2.75) is 45.0 Å². The summed E-state index contributed by atoms with van der Waals surface area (Å²) in [7, 11) is 0. The summed E-state index contributed by atoms with van der Waals surface area (Å²) in [5.74, 6) is -0.744. The first-order chi connectivity index (χ1) is 12.0. The van der Waals surface area contributed by atoms with Gasteiger partial charge >= 0.3 is 0 Å². The molecular weight excluding hydrogens is 319 g/mol. The van der Waals surface area contributed by atoms with Gasteiger partial charge in [0.15, 0.2) is 5.79 Å². The molecule has 130 valence electrons. The van der Waals surface area contributed by atoms with Gasteiger partial charge in [-0.1, -0.05) is 12.5 Å². The van der Waals surface area contributed by atoms with Crippen molar-refractivity contribution >= 4 is 6.08 Å². The monoisotopic (exact) mass is 340 g/mol. The van der Waals surface area contributed by atoms with Crippen molar-refractivity contribution in [2.75, 3.05) is 6.61 Å². The Morgan fingerprint density at radius 2 is 2.08 bits per heavy atom. The second-order valence-corrected chi connectivity index (χ2v) is 7.61. The molecule has 1 saturated heterocycles. The van der Waals surface area contributed by atoms with E-state index in [0.29, 0.717) is 6.61 Å². The largest absolute Gasteiger partial charge is 0.346 e. The van der Waals surface area contributed by atoms with Crippen LogP contribution in [0.4, 0.5) is 4.39 Å². The molecule has 2 aromatic rings. The minimum atomic E-state index is -0.506. The highest BCUT2D eigenvalue weighted by Gasteiger charge is 2.61. The summed E-state index contributed by atoms with van der Waals surface area (Å²) in [4.78, 5) is 0. The van der Waals surface area contributed by atoms with Crippen molar-refractivity contribution < 1.29 is 13.9 Å². The molecule has 0 N–H and O–H groups in total. The molecule has 1 aliphatic heterocycles. The number of fused-ring (bicyclic) bond motifs is 3. The Bertz CT molecular complexity index is 872. The van der Waals surface area contributed by atoms with Crippen LogP contribution in [0.1, 0.15) is 37.9 Å². The number of rotatable bonds is 1. The molecule has 0 bridgehead atoms. The van der Waals surface area contributed by atoms with Crippen LogP contribution >= 0.6 is 0 Å². The van der Waals surface area contributed by atoms with E-state index in [9.17, 15) is 4.39 Å². The number of benzene rings is 1. The van der Waals surface area contributed by atoms with E-state index in [1.165, 1.54) is 23.3 Å². The fourth-order valence-corrected chi connectivity index (χ4v) is 4.66. The third kappa shape index (κ3) is 2.02. The van der Waals surface area contributed by atoms with Gasteiger partial charge in [0.1, 0.15) is 5.82 Å². The average molecular weight is 340 g/mol. The number of aromatic nitrogens is 2. The van der Waals surface area contributed by atoms with Crippen molar-refractivity contribution in [1.82, 2.24) is 9.78 Å². The zero-order valence-electron chi connectivity index (χ0n) is 14.5. The lowest BCUT2D eigenvalue weighted by atomic mass is 9.72. The number of hydrogen-bond donors (Lipinski definition) is 0. The van der Waals surface area contributed by atoms with Gasteiger partial charge in [-0.25, -0.2) is 9.07 Å². The zero-order chi connectivity index (χ0) is 17.2. The summed E-state index contributed by atoms with van der Waals surface area (Å²) in [6.45, 7) is 4.98. The molecule has 2 fully saturated rings. The third-order valence-corrected chi connectivity index (χ3v) is 6.03. The molecule has 1 aromatic heterocycles. The van der Waals surface area contributed by atoms with Crippen LogP contribution in [0.25, 0.3) is 11.8 Å². The number of nitrogens with zero attached hydrogens (tertiary/aromatic N) is 2. The first kappa shape index (κ1) is 15.3. The molecule has 2 aliphatic carbocycles. The van der Waals surface area contributed by atoms with Gasteiger partial charge in [-0.15, -0.1) is 0 Å². The zero-order valence-corrected chi connectivity index (χ0v) is 14.5. The summed E-state index contributed by atoms with van der Waals surface area (Å²) >= 11 is 0. The Morgan fingerprint density at radius 3 is 2.80 bits per heavy atom. The van der Waals surface area contributed by atoms with E-state index in [1.54, 1.807) is 12.1 Å². The van der Waals surface area contributed by atoms with Crippen molar-refractivity contribution in [1.29, 1.82) is 0 Å². The molecule has 0 radical (unpaired) electrons. The highest BCUT2D eigenvalue weighted by atomic mass is 19.1. The molecule has 1 aromatic carbocycles. The summed E-state index contributed by atoms with van der Waals surface area (Å²) < 4.78 is 27.6. The summed E-state index contributed by atoms with van der Waals surface area (Å²) in [6.07, 6.45) is 7.01. The minimum Gasteiger partial charge on any atom is -0.346 e. The molecule has 3 aliphatic rings. The van der Waals surface area contributed by atoms with Gasteiger partial charge < -0.3 is 9.47 Å². The highest BCUT2D eigenvalue weighted by molar-refractivity contribution is 5.62. The Morgan fingerprint density at radius 1 is 1.28 bits per heavy atom. The van der Waals surface area contributed by atoms with E-state index in [0.717, 1.165) is 30.6 Å². The first-order valence-corrected chi connectivity index (χ1v) is 8.86. The predicted molar refractivity (Wildman–Crippen MR) is 91.8 cm³/mol. The topological polar surface area (TPSA) is 36.3 Å². The van der Waals surface area contributed by atoms with Crippen LogP contribution in [0.15, 0.2) is 36.0 Å². The Labute approximate surface area is 146 Å². The standard InChI is InChI=1S/C20H21FN2O2/c1-13-12-24-20(25-13)8-7-15-9-18-14(10-19(15,20)2)11-22-23(18)17-5-3-16(21)4-6-17/h3-6,9,11,13H,7-8,10,12H2,1-2H3. The molecule has 4 nitrogen and oxygen atoms in total. The normalized spacial score (nSPS) is 33.4. The Balaban J connectivity index is 1.58. The van der Waals surface area contributed by atoms with E-state index < -0.39 is 5.79 Å². The van der Waals surface area contributed by atoms with Gasteiger partial charge in [-0.3, -0.25) is 0 Å². The van der Waals surface area contributed by atoms with Crippen LogP contribution in [0.2, 0.25) is 0 Å². The number of hydrogen-bond acceptors (Lipinski definition) is 3. The fraction of sp³-hybridized carbons (Fsp3) is 0.450. The van der Waals surface area contributed by atoms with Crippen molar-refractivity contribution in [3.05, 3.63) is 53.1 Å². The van der Waals surface area contributed by atoms with Gasteiger partial charge in [0.2, 0.25) is 0 Å². The lowest BCUT2D eigenvalue weighted by Crippen LogP contribution is -2.46. The summed E-state index contributed by atoms with van der Waals surface area (Å²) in [5, 5.41) is 4.55. The van der Waals surface area contributed by atoms with E-state index >= 15 is 0 Å². The van der Waals surface area contributed by atoms with Crippen LogP contribution in [0, 0.1) is 11.2 Å². The Kier molecular flexibility index (Phi) is 3.07. The maximum absolute atomic E-state index is 13.2. The fourth-order valence-electron chi connectivity index (χ4n) is 4.66. The third-order valence-electron chi connectivity index (χ3n) is 6.03. The van der Waals surface area contributed by atoms with E-state index in [4.69, 9.17) is 9.47 Å². The number of halogens is 1. The van der Waals surface area contributed by atoms with Crippen LogP contribution in [-0.2, 0) is 15.9 Å². The smallest absolute Gasteiger partial charge is 0.178 e. The van der Waals surface area contributed by atoms with Gasteiger partial charge in [0, 0.05) is 11.8 Å². The quantitative estimate of drug-likeness (QED) is 0.790. The maximum atomic E-state index is 13.2. The van der Waals surface area contributed by atoms with E-state index in [2.05, 4.69) is 25.0 Å². The van der Waals surface area contributed by atoms with Gasteiger partial charge in [0.25, 0.3) is 0 Å². The van der Waals surface area contributed by atoms with Crippen molar-refractivity contribution in [2.24, 2.45) is 5.41 Å². The highest BCUT2D eigenvalue weighted by Crippen LogP contribution is 2.59. The molecule has 5 rings (SSSR count). The molecule has 3 atom stereocenters. The SMILES string of the molecule is CC1COC2(CCC3=Cc4c(cnn4-c4ccc(F)cc4)CC32C)O1. The molecule has 3 unspecified atom stereocenters. The Hall–Kier alpha value is -1.98. The molecule has 25 heavy (non-hydrogen) atoms. The van der Waals surface area contributed by atoms with Crippen LogP contribution in [0.3, 0.4) is 0 Å². The molecule has 2 heterocycles.